The molecule has 0 bridgehead atoms. The number of aromatic carboxylic acids is 2. The summed E-state index contributed by atoms with van der Waals surface area (Å²) < 4.78 is 2.60. The summed E-state index contributed by atoms with van der Waals surface area (Å²) in [7, 11) is 0. The average molecular weight is 750 g/mol. The summed E-state index contributed by atoms with van der Waals surface area (Å²) in [5, 5.41) is 46.6. The molecule has 15 heteroatoms. The molecule has 4 aromatic carbocycles. The second kappa shape index (κ2) is 17.7. The van der Waals surface area contributed by atoms with Crippen LogP contribution in [0.5, 0.6) is 0 Å². The Bertz CT molecular complexity index is 2280. The largest absolute Gasteiger partial charge is 3.00 e. The molecule has 0 amide bonds. The number of carbonyl (C=O) groups excluding carboxylic acids is 2. The number of carbonyl (C=O) groups is 2. The van der Waals surface area contributed by atoms with E-state index in [1.165, 1.54) is 33.6 Å². The van der Waals surface area contributed by atoms with Crippen LogP contribution >= 0.6 is 0 Å². The fourth-order valence-electron chi connectivity index (χ4n) is 5.26. The zero-order valence-corrected chi connectivity index (χ0v) is 30.4. The minimum absolute atomic E-state index is 0. The van der Waals surface area contributed by atoms with Crippen LogP contribution in [0.1, 0.15) is 58.5 Å². The number of aromatic nitrogens is 4. The van der Waals surface area contributed by atoms with Crippen molar-refractivity contribution in [1.29, 1.82) is 0 Å². The molecule has 2 aromatic heterocycles. The molecule has 0 spiro atoms. The van der Waals surface area contributed by atoms with Crippen molar-refractivity contribution in [1.82, 2.24) is 19.6 Å². The van der Waals surface area contributed by atoms with E-state index in [2.05, 4.69) is 30.7 Å². The summed E-state index contributed by atoms with van der Waals surface area (Å²) in [6.45, 7) is 7.31. The second-order valence-corrected chi connectivity index (χ2v) is 11.3. The summed E-state index contributed by atoms with van der Waals surface area (Å²) in [5.74, 6) is -2.71. The third-order valence-electron chi connectivity index (χ3n) is 7.94. The van der Waals surface area contributed by atoms with E-state index in [0.717, 1.165) is 24.0 Å². The Morgan fingerprint density at radius 2 is 0.925 bits per heavy atom. The number of rotatable bonds is 10. The predicted molar refractivity (Wildman–Crippen MR) is 190 cm³/mol. The molecule has 0 saturated carbocycles. The number of carboxylic acid groups (broad SMARTS) is 2. The Morgan fingerprint density at radius 3 is 1.28 bits per heavy atom. The molecule has 0 aliphatic rings. The molecule has 267 valence electrons. The zero-order chi connectivity index (χ0) is 37.4. The molecular weight excluding hydrogens is 716 g/mol. The van der Waals surface area contributed by atoms with Gasteiger partial charge in [0.2, 0.25) is 0 Å². The summed E-state index contributed by atoms with van der Waals surface area (Å²) >= 11 is 0. The smallest absolute Gasteiger partial charge is 0.589 e. The molecule has 0 aliphatic carbocycles. The monoisotopic (exact) mass is 749 g/mol. The first-order valence-electron chi connectivity index (χ1n) is 16.2. The van der Waals surface area contributed by atoms with Crippen LogP contribution in [0, 0.1) is 13.8 Å². The zero-order valence-electron chi connectivity index (χ0n) is 30.1. The van der Waals surface area contributed by atoms with Crippen molar-refractivity contribution < 1.29 is 38.6 Å². The minimum atomic E-state index is -1.36. The summed E-state index contributed by atoms with van der Waals surface area (Å²) in [6, 6.07) is 27.1. The van der Waals surface area contributed by atoms with Crippen molar-refractivity contribution in [2.24, 2.45) is 20.5 Å². The Balaban J connectivity index is 0.000000280. The molecule has 0 unspecified atom stereocenters. The van der Waals surface area contributed by atoms with Gasteiger partial charge in [-0.25, -0.2) is 0 Å². The molecule has 6 rings (SSSR count). The number of para-hydroxylation sites is 2. The van der Waals surface area contributed by atoms with Crippen LogP contribution in [-0.2, 0) is 30.2 Å². The summed E-state index contributed by atoms with van der Waals surface area (Å²) in [5.41, 5.74) is 3.57. The third kappa shape index (κ3) is 8.73. The van der Waals surface area contributed by atoms with Crippen LogP contribution in [0.3, 0.4) is 0 Å². The van der Waals surface area contributed by atoms with Gasteiger partial charge < -0.3 is 39.4 Å². The Hall–Kier alpha value is -6.43. The molecule has 0 N–H and O–H groups in total. The van der Waals surface area contributed by atoms with E-state index < -0.39 is 23.1 Å². The van der Waals surface area contributed by atoms with E-state index in [-0.39, 0.29) is 52.7 Å². The number of hydrogen-bond donors (Lipinski definition) is 0. The van der Waals surface area contributed by atoms with E-state index in [9.17, 15) is 29.4 Å². The van der Waals surface area contributed by atoms with Gasteiger partial charge in [-0.1, -0.05) is 100 Å². The molecule has 14 nitrogen and oxygen atoms in total. The van der Waals surface area contributed by atoms with Gasteiger partial charge in [-0.3, -0.25) is 9.59 Å². The van der Waals surface area contributed by atoms with Crippen molar-refractivity contribution in [2.45, 2.75) is 40.5 Å². The molecule has 2 heterocycles. The van der Waals surface area contributed by atoms with Crippen molar-refractivity contribution in [3.8, 4) is 11.4 Å². The number of azo groups is 2. The first-order chi connectivity index (χ1) is 25.0. The van der Waals surface area contributed by atoms with E-state index in [1.807, 2.05) is 62.4 Å². The molecule has 0 saturated heterocycles. The minimum Gasteiger partial charge on any atom is -0.589 e. The number of hydrogen-bond acceptors (Lipinski definition) is 10. The predicted octanol–water partition coefficient (Wildman–Crippen LogP) is 5.00. The molecule has 53 heavy (non-hydrogen) atoms. The number of aryl methyl sites for hydroxylation is 4. The van der Waals surface area contributed by atoms with Gasteiger partial charge in [0.05, 0.1) is 23.3 Å². The first kappa shape index (κ1) is 39.4. The fraction of sp³-hybridized carbons (Fsp3) is 0.158. The van der Waals surface area contributed by atoms with Crippen LogP contribution in [0.25, 0.3) is 11.4 Å². The maximum atomic E-state index is 12.7. The maximum absolute atomic E-state index is 12.7. The van der Waals surface area contributed by atoms with Gasteiger partial charge in [0.1, 0.15) is 11.4 Å². The van der Waals surface area contributed by atoms with Gasteiger partial charge in [0.25, 0.3) is 11.1 Å². The maximum Gasteiger partial charge on any atom is 3.00 e. The van der Waals surface area contributed by atoms with Gasteiger partial charge in [-0.05, 0) is 48.2 Å². The molecule has 6 aromatic rings. The third-order valence-corrected chi connectivity index (χ3v) is 7.94. The molecule has 1 radical (unpaired) electrons. The van der Waals surface area contributed by atoms with Gasteiger partial charge in [0, 0.05) is 22.5 Å². The quantitative estimate of drug-likeness (QED) is 0.174. The van der Waals surface area contributed by atoms with E-state index >= 15 is 0 Å². The number of nitrogens with zero attached hydrogens (tertiary/aromatic N) is 8. The molecule has 0 atom stereocenters. The van der Waals surface area contributed by atoms with Crippen LogP contribution < -0.4 is 31.5 Å². The van der Waals surface area contributed by atoms with Crippen LogP contribution in [-0.4, -0.2) is 21.3 Å². The Kier molecular flexibility index (Phi) is 13.1. The molecular formula is C38H33CrN8O6. The molecule has 0 fully saturated rings. The standard InChI is InChI=1S/2C19H18N4O3.Cr/c2*1-3-13-8-4-7-11-16(13)23-18(24)17(12(2)22-23)21-20-15-10-6-5-9-14(15)19(25)26;/h2*4-11H,3H2,1-2H3,(H2,20,22,24,25,26);/q;;+3/p-3. The second-order valence-electron chi connectivity index (χ2n) is 11.3. The van der Waals surface area contributed by atoms with Crippen molar-refractivity contribution in [3.63, 3.8) is 0 Å². The van der Waals surface area contributed by atoms with Crippen LogP contribution in [0.2, 0.25) is 0 Å². The van der Waals surface area contributed by atoms with E-state index in [4.69, 9.17) is 0 Å². The number of carboxylic acids is 2. The van der Waals surface area contributed by atoms with Crippen molar-refractivity contribution in [2.75, 3.05) is 0 Å². The fourth-order valence-corrected chi connectivity index (χ4v) is 5.26. The van der Waals surface area contributed by atoms with Gasteiger partial charge >= 0.3 is 18.8 Å². The van der Waals surface area contributed by atoms with E-state index in [0.29, 0.717) is 22.8 Å². The summed E-state index contributed by atoms with van der Waals surface area (Å²) in [4.78, 5) is 47.7. The van der Waals surface area contributed by atoms with Crippen LogP contribution in [0.4, 0.5) is 22.7 Å². The summed E-state index contributed by atoms with van der Waals surface area (Å²) in [6.07, 6.45) is 1.51. The van der Waals surface area contributed by atoms with Crippen molar-refractivity contribution >= 4 is 34.7 Å². The van der Waals surface area contributed by atoms with Gasteiger partial charge in [0.15, 0.2) is 0 Å². The van der Waals surface area contributed by atoms with Gasteiger partial charge in [-0.15, -0.1) is 31.8 Å². The van der Waals surface area contributed by atoms with Gasteiger partial charge in [-0.2, -0.15) is 0 Å². The molecule has 0 aliphatic heterocycles. The SMILES string of the molecule is CCc1ccccc1-n1[n-]c(C)c(N=Nc2ccccc2C(=O)[O-])c1=O.CCc1ccccc1-n1[n-]c(C)c(N=Nc2ccccc2C(=O)[O-])c1=O.[Cr+3].[H+]. The van der Waals surface area contributed by atoms with E-state index in [1.54, 1.807) is 38.1 Å². The Morgan fingerprint density at radius 1 is 0.585 bits per heavy atom. The Labute approximate surface area is 315 Å². The van der Waals surface area contributed by atoms with Crippen LogP contribution in [0.15, 0.2) is 127 Å². The first-order valence-corrected chi connectivity index (χ1v) is 16.2. The normalized spacial score (nSPS) is 10.9. The number of benzene rings is 4. The topological polar surface area (TPSA) is 202 Å². The van der Waals surface area contributed by atoms with Crippen molar-refractivity contribution in [3.05, 3.63) is 151 Å². The average Bonchev–Trinajstić information content (AvgIpc) is 3.61.